The first kappa shape index (κ1) is 23.3. The Morgan fingerprint density at radius 3 is 2.77 bits per heavy atom. The van der Waals surface area contributed by atoms with E-state index >= 15 is 0 Å². The predicted octanol–water partition coefficient (Wildman–Crippen LogP) is 6.18. The standard InChI is InChI=1S/C22H23ClN4O2S.ClH/c1-14-4-3-5-18(23)21(14)29-17-6-9-24-20(12-17)26-22-25-19(13-30-22)16-7-10-27(11-8-16)15(2)28;/h3-6,9,12-13,16H,7-8,10-11H2,1-2H3,(H,24,25,26);1H. The van der Waals surface area contributed by atoms with E-state index < -0.39 is 0 Å². The van der Waals surface area contributed by atoms with Crippen LogP contribution in [0.1, 0.15) is 36.9 Å². The molecule has 1 aliphatic heterocycles. The lowest BCUT2D eigenvalue weighted by atomic mass is 9.94. The monoisotopic (exact) mass is 478 g/mol. The van der Waals surface area contributed by atoms with E-state index in [2.05, 4.69) is 15.7 Å². The Kier molecular flexibility index (Phi) is 7.75. The van der Waals surface area contributed by atoms with Gasteiger partial charge in [-0.1, -0.05) is 23.7 Å². The first-order valence-corrected chi connectivity index (χ1v) is 11.1. The number of rotatable bonds is 5. The van der Waals surface area contributed by atoms with Crippen molar-refractivity contribution in [2.24, 2.45) is 0 Å². The van der Waals surface area contributed by atoms with E-state index in [1.165, 1.54) is 0 Å². The Bertz CT molecular complexity index is 1030. The predicted molar refractivity (Wildman–Crippen MR) is 127 cm³/mol. The molecule has 1 fully saturated rings. The van der Waals surface area contributed by atoms with E-state index in [1.807, 2.05) is 36.1 Å². The lowest BCUT2D eigenvalue weighted by molar-refractivity contribution is -0.129. The van der Waals surface area contributed by atoms with Crippen LogP contribution in [-0.2, 0) is 4.79 Å². The highest BCUT2D eigenvalue weighted by molar-refractivity contribution is 7.13. The Hall–Kier alpha value is -2.35. The maximum Gasteiger partial charge on any atom is 0.219 e. The van der Waals surface area contributed by atoms with Gasteiger partial charge in [-0.25, -0.2) is 9.97 Å². The Labute approximate surface area is 197 Å². The zero-order valence-electron chi connectivity index (χ0n) is 17.3. The van der Waals surface area contributed by atoms with Gasteiger partial charge in [-0.2, -0.15) is 0 Å². The van der Waals surface area contributed by atoms with Crippen LogP contribution in [0.5, 0.6) is 11.5 Å². The van der Waals surface area contributed by atoms with Crippen LogP contribution in [0.15, 0.2) is 41.9 Å². The molecule has 1 amide bonds. The average molecular weight is 479 g/mol. The van der Waals surface area contributed by atoms with Crippen molar-refractivity contribution in [3.63, 3.8) is 0 Å². The second kappa shape index (κ2) is 10.3. The van der Waals surface area contributed by atoms with Crippen LogP contribution in [0.25, 0.3) is 0 Å². The van der Waals surface area contributed by atoms with E-state index in [1.54, 1.807) is 30.5 Å². The number of nitrogens with zero attached hydrogens (tertiary/aromatic N) is 3. The third-order valence-electron chi connectivity index (χ3n) is 5.23. The number of para-hydroxylation sites is 1. The quantitative estimate of drug-likeness (QED) is 0.473. The van der Waals surface area contributed by atoms with Crippen molar-refractivity contribution in [1.82, 2.24) is 14.9 Å². The fraction of sp³-hybridized carbons (Fsp3) is 0.318. The second-order valence-corrected chi connectivity index (χ2v) is 8.61. The number of pyridine rings is 1. The molecule has 9 heteroatoms. The number of hydrogen-bond acceptors (Lipinski definition) is 6. The molecule has 31 heavy (non-hydrogen) atoms. The summed E-state index contributed by atoms with van der Waals surface area (Å²) in [5.41, 5.74) is 2.04. The van der Waals surface area contributed by atoms with E-state index in [0.717, 1.165) is 42.3 Å². The highest BCUT2D eigenvalue weighted by Gasteiger charge is 2.23. The Morgan fingerprint density at radius 1 is 1.29 bits per heavy atom. The summed E-state index contributed by atoms with van der Waals surface area (Å²) >= 11 is 7.82. The summed E-state index contributed by atoms with van der Waals surface area (Å²) in [5, 5.41) is 6.71. The Balaban J connectivity index is 0.00000272. The molecular formula is C22H24Cl2N4O2S. The molecule has 3 heterocycles. The van der Waals surface area contributed by atoms with Gasteiger partial charge in [0.25, 0.3) is 0 Å². The third-order valence-corrected chi connectivity index (χ3v) is 6.30. The smallest absolute Gasteiger partial charge is 0.219 e. The van der Waals surface area contributed by atoms with E-state index in [-0.39, 0.29) is 18.3 Å². The van der Waals surface area contributed by atoms with Crippen LogP contribution in [-0.4, -0.2) is 33.9 Å². The lowest BCUT2D eigenvalue weighted by Crippen LogP contribution is -2.36. The summed E-state index contributed by atoms with van der Waals surface area (Å²) in [5.74, 6) is 2.49. The number of hydrogen-bond donors (Lipinski definition) is 1. The summed E-state index contributed by atoms with van der Waals surface area (Å²) in [4.78, 5) is 22.5. The van der Waals surface area contributed by atoms with Crippen molar-refractivity contribution in [3.8, 4) is 11.5 Å². The van der Waals surface area contributed by atoms with Crippen molar-refractivity contribution in [2.45, 2.75) is 32.6 Å². The number of aromatic nitrogens is 2. The minimum atomic E-state index is 0. The molecule has 164 valence electrons. The number of anilines is 2. The van der Waals surface area contributed by atoms with Gasteiger partial charge < -0.3 is 15.0 Å². The van der Waals surface area contributed by atoms with E-state index in [4.69, 9.17) is 21.3 Å². The molecule has 0 bridgehead atoms. The lowest BCUT2D eigenvalue weighted by Gasteiger charge is -2.30. The maximum absolute atomic E-state index is 11.5. The number of piperidine rings is 1. The van der Waals surface area contributed by atoms with Crippen LogP contribution in [0.2, 0.25) is 5.02 Å². The first-order valence-electron chi connectivity index (χ1n) is 9.86. The molecule has 3 aromatic rings. The molecule has 0 spiro atoms. The summed E-state index contributed by atoms with van der Waals surface area (Å²) in [6, 6.07) is 9.29. The third kappa shape index (κ3) is 5.67. The fourth-order valence-corrected chi connectivity index (χ4v) is 4.60. The first-order chi connectivity index (χ1) is 14.5. The molecule has 2 aromatic heterocycles. The molecule has 0 atom stereocenters. The van der Waals surface area contributed by atoms with Crippen molar-refractivity contribution in [3.05, 3.63) is 58.2 Å². The number of nitrogens with one attached hydrogen (secondary N) is 1. The fourth-order valence-electron chi connectivity index (χ4n) is 3.54. The second-order valence-electron chi connectivity index (χ2n) is 7.35. The average Bonchev–Trinajstić information content (AvgIpc) is 3.20. The van der Waals surface area contributed by atoms with Crippen LogP contribution in [0.3, 0.4) is 0 Å². The van der Waals surface area contributed by atoms with Gasteiger partial charge >= 0.3 is 0 Å². The molecule has 1 aromatic carbocycles. The van der Waals surface area contributed by atoms with Gasteiger partial charge in [0, 0.05) is 43.6 Å². The molecule has 1 aliphatic rings. The van der Waals surface area contributed by atoms with E-state index in [9.17, 15) is 4.79 Å². The van der Waals surface area contributed by atoms with Gasteiger partial charge in [-0.15, -0.1) is 23.7 Å². The van der Waals surface area contributed by atoms with Crippen LogP contribution in [0.4, 0.5) is 10.9 Å². The highest BCUT2D eigenvalue weighted by Crippen LogP contribution is 2.34. The van der Waals surface area contributed by atoms with Gasteiger partial charge in [-0.3, -0.25) is 4.79 Å². The van der Waals surface area contributed by atoms with Crippen LogP contribution >= 0.6 is 35.3 Å². The van der Waals surface area contributed by atoms with Crippen molar-refractivity contribution in [1.29, 1.82) is 0 Å². The SMILES string of the molecule is CC(=O)N1CCC(c2csc(Nc3cc(Oc4c(C)cccc4Cl)ccn3)n2)CC1.Cl. The van der Waals surface area contributed by atoms with Gasteiger partial charge in [0.1, 0.15) is 17.3 Å². The highest BCUT2D eigenvalue weighted by atomic mass is 35.5. The number of amides is 1. The molecule has 1 N–H and O–H groups in total. The number of carbonyl (C=O) groups is 1. The zero-order valence-corrected chi connectivity index (χ0v) is 19.7. The van der Waals surface area contributed by atoms with Crippen molar-refractivity contribution >= 4 is 52.2 Å². The van der Waals surface area contributed by atoms with Crippen LogP contribution < -0.4 is 10.1 Å². The zero-order chi connectivity index (χ0) is 21.1. The van der Waals surface area contributed by atoms with Gasteiger partial charge in [0.15, 0.2) is 5.13 Å². The number of aryl methyl sites for hydroxylation is 1. The summed E-state index contributed by atoms with van der Waals surface area (Å²) in [7, 11) is 0. The minimum absolute atomic E-state index is 0. The number of ether oxygens (including phenoxy) is 1. The number of carbonyl (C=O) groups excluding carboxylic acids is 1. The van der Waals surface area contributed by atoms with Crippen LogP contribution in [0, 0.1) is 6.92 Å². The molecule has 6 nitrogen and oxygen atoms in total. The normalized spacial score (nSPS) is 14.1. The summed E-state index contributed by atoms with van der Waals surface area (Å²) in [6.45, 7) is 5.17. The molecule has 0 saturated carbocycles. The maximum atomic E-state index is 11.5. The summed E-state index contributed by atoms with van der Waals surface area (Å²) < 4.78 is 5.99. The molecule has 0 aliphatic carbocycles. The molecular weight excluding hydrogens is 455 g/mol. The number of benzene rings is 1. The molecule has 0 radical (unpaired) electrons. The largest absolute Gasteiger partial charge is 0.455 e. The molecule has 1 saturated heterocycles. The van der Waals surface area contributed by atoms with Crippen molar-refractivity contribution < 1.29 is 9.53 Å². The minimum Gasteiger partial charge on any atom is -0.455 e. The van der Waals surface area contributed by atoms with E-state index in [0.29, 0.717) is 28.3 Å². The van der Waals surface area contributed by atoms with Gasteiger partial charge in [0.05, 0.1) is 10.7 Å². The number of halogens is 2. The number of thiazole rings is 1. The number of likely N-dealkylation sites (tertiary alicyclic amines) is 1. The summed E-state index contributed by atoms with van der Waals surface area (Å²) in [6.07, 6.45) is 3.58. The molecule has 4 rings (SSSR count). The Morgan fingerprint density at radius 2 is 2.06 bits per heavy atom. The van der Waals surface area contributed by atoms with Gasteiger partial charge in [-0.05, 0) is 37.5 Å². The molecule has 0 unspecified atom stereocenters. The topological polar surface area (TPSA) is 67.4 Å². The van der Waals surface area contributed by atoms with Gasteiger partial charge in [0.2, 0.25) is 5.91 Å². The van der Waals surface area contributed by atoms with Crippen molar-refractivity contribution in [2.75, 3.05) is 18.4 Å².